The van der Waals surface area contributed by atoms with Gasteiger partial charge < -0.3 is 24.1 Å². The van der Waals surface area contributed by atoms with Crippen LogP contribution >= 0.6 is 0 Å². The molecule has 1 aromatic rings. The lowest BCUT2D eigenvalue weighted by atomic mass is 10.0. The lowest BCUT2D eigenvalue weighted by Gasteiger charge is -2.12. The van der Waals surface area contributed by atoms with E-state index >= 15 is 0 Å². The van der Waals surface area contributed by atoms with Crippen LogP contribution in [0, 0.1) is 20.8 Å². The minimum atomic E-state index is 0.0464. The van der Waals surface area contributed by atoms with Gasteiger partial charge in [0.05, 0.1) is 59.5 Å². The van der Waals surface area contributed by atoms with E-state index in [-0.39, 0.29) is 6.61 Å². The van der Waals surface area contributed by atoms with E-state index in [4.69, 9.17) is 24.1 Å². The molecule has 5 nitrogen and oxygen atoms in total. The maximum Gasteiger partial charge on any atom is 0.0723 e. The number of aryl methyl sites for hydroxylation is 3. The lowest BCUT2D eigenvalue weighted by molar-refractivity contribution is -0.00750. The van der Waals surface area contributed by atoms with Crippen molar-refractivity contribution in [1.82, 2.24) is 0 Å². The zero-order chi connectivity index (χ0) is 16.9. The summed E-state index contributed by atoms with van der Waals surface area (Å²) >= 11 is 0. The summed E-state index contributed by atoms with van der Waals surface area (Å²) in [5.41, 5.74) is 5.11. The number of aliphatic hydroxyl groups is 1. The molecule has 5 heteroatoms. The average Bonchev–Trinajstić information content (AvgIpc) is 2.50. The molecule has 0 heterocycles. The van der Waals surface area contributed by atoms with Gasteiger partial charge >= 0.3 is 0 Å². The number of ether oxygens (including phenoxy) is 4. The molecule has 1 N–H and O–H groups in total. The summed E-state index contributed by atoms with van der Waals surface area (Å²) in [7, 11) is 0. The van der Waals surface area contributed by atoms with E-state index < -0.39 is 0 Å². The third kappa shape index (κ3) is 9.03. The number of hydrogen-bond donors (Lipinski definition) is 1. The standard InChI is InChI=1S/C18H30O5/c1-15-12-16(2)18(17(3)13-15)14-23-11-10-22-9-8-21-7-6-20-5-4-19/h12-13,19H,4-11,14H2,1-3H3. The molecule has 132 valence electrons. The zero-order valence-corrected chi connectivity index (χ0v) is 14.6. The molecule has 0 aliphatic carbocycles. The van der Waals surface area contributed by atoms with Crippen LogP contribution in [0.1, 0.15) is 22.3 Å². The van der Waals surface area contributed by atoms with E-state index in [1.807, 2.05) is 0 Å². The Morgan fingerprint density at radius 3 is 1.61 bits per heavy atom. The van der Waals surface area contributed by atoms with Crippen LogP contribution in [0.25, 0.3) is 0 Å². The summed E-state index contributed by atoms with van der Waals surface area (Å²) in [6.45, 7) is 10.6. The summed E-state index contributed by atoms with van der Waals surface area (Å²) in [5, 5.41) is 8.53. The van der Waals surface area contributed by atoms with E-state index in [9.17, 15) is 0 Å². The van der Waals surface area contributed by atoms with E-state index in [1.54, 1.807) is 0 Å². The number of aliphatic hydroxyl groups excluding tert-OH is 1. The molecular formula is C18H30O5. The first-order valence-electron chi connectivity index (χ1n) is 8.13. The SMILES string of the molecule is Cc1cc(C)c(COCCOCCOCCOCCO)c(C)c1. The van der Waals surface area contributed by atoms with Gasteiger partial charge in [0.15, 0.2) is 0 Å². The Balaban J connectivity index is 1.98. The third-order valence-corrected chi connectivity index (χ3v) is 3.44. The largest absolute Gasteiger partial charge is 0.394 e. The minimum Gasteiger partial charge on any atom is -0.394 e. The van der Waals surface area contributed by atoms with Gasteiger partial charge in [-0.25, -0.2) is 0 Å². The summed E-state index contributed by atoms with van der Waals surface area (Å²) in [6, 6.07) is 4.37. The Morgan fingerprint density at radius 1 is 0.696 bits per heavy atom. The van der Waals surface area contributed by atoms with Gasteiger partial charge in [-0.1, -0.05) is 17.7 Å². The molecule has 1 aromatic carbocycles. The maximum atomic E-state index is 8.53. The van der Waals surface area contributed by atoms with Crippen LogP contribution in [-0.2, 0) is 25.6 Å². The molecule has 0 atom stereocenters. The molecule has 0 bridgehead atoms. The third-order valence-electron chi connectivity index (χ3n) is 3.44. The fourth-order valence-electron chi connectivity index (χ4n) is 2.34. The van der Waals surface area contributed by atoms with E-state index in [0.717, 1.165) is 0 Å². The maximum absolute atomic E-state index is 8.53. The minimum absolute atomic E-state index is 0.0464. The first-order chi connectivity index (χ1) is 11.1. The van der Waals surface area contributed by atoms with Gasteiger partial charge in [-0.3, -0.25) is 0 Å². The highest BCUT2D eigenvalue weighted by Gasteiger charge is 2.03. The van der Waals surface area contributed by atoms with Crippen molar-refractivity contribution >= 4 is 0 Å². The van der Waals surface area contributed by atoms with E-state index in [1.165, 1.54) is 22.3 Å². The molecule has 0 radical (unpaired) electrons. The van der Waals surface area contributed by atoms with Gasteiger partial charge in [0.1, 0.15) is 0 Å². The molecule has 23 heavy (non-hydrogen) atoms. The first-order valence-corrected chi connectivity index (χ1v) is 8.13. The smallest absolute Gasteiger partial charge is 0.0723 e. The van der Waals surface area contributed by atoms with Crippen LogP contribution in [0.4, 0.5) is 0 Å². The predicted molar refractivity (Wildman–Crippen MR) is 89.9 cm³/mol. The van der Waals surface area contributed by atoms with Crippen molar-refractivity contribution in [3.63, 3.8) is 0 Å². The van der Waals surface area contributed by atoms with Crippen LogP contribution < -0.4 is 0 Å². The highest BCUT2D eigenvalue weighted by molar-refractivity contribution is 5.36. The first kappa shape index (κ1) is 20.1. The second-order valence-electron chi connectivity index (χ2n) is 5.49. The summed E-state index contributed by atoms with van der Waals surface area (Å²) in [4.78, 5) is 0. The second-order valence-corrected chi connectivity index (χ2v) is 5.49. The molecular weight excluding hydrogens is 296 g/mol. The van der Waals surface area contributed by atoms with Crippen molar-refractivity contribution < 1.29 is 24.1 Å². The van der Waals surface area contributed by atoms with Gasteiger partial charge in [0.2, 0.25) is 0 Å². The van der Waals surface area contributed by atoms with Gasteiger partial charge in [-0.2, -0.15) is 0 Å². The fourth-order valence-corrected chi connectivity index (χ4v) is 2.34. The quantitative estimate of drug-likeness (QED) is 0.563. The Hall–Kier alpha value is -0.980. The monoisotopic (exact) mass is 326 g/mol. The molecule has 0 aliphatic rings. The Labute approximate surface area is 139 Å². The molecule has 0 aromatic heterocycles. The highest BCUT2D eigenvalue weighted by atomic mass is 16.6. The van der Waals surface area contributed by atoms with Crippen LogP contribution in [0.15, 0.2) is 12.1 Å². The number of hydrogen-bond acceptors (Lipinski definition) is 5. The molecule has 0 aliphatic heterocycles. The number of rotatable bonds is 13. The van der Waals surface area contributed by atoms with Crippen molar-refractivity contribution in [3.8, 4) is 0 Å². The zero-order valence-electron chi connectivity index (χ0n) is 14.6. The average molecular weight is 326 g/mol. The normalized spacial score (nSPS) is 11.1. The van der Waals surface area contributed by atoms with Crippen molar-refractivity contribution in [3.05, 3.63) is 34.4 Å². The molecule has 0 spiro atoms. The summed E-state index contributed by atoms with van der Waals surface area (Å²) in [6.07, 6.45) is 0. The summed E-state index contributed by atoms with van der Waals surface area (Å²) in [5.74, 6) is 0. The highest BCUT2D eigenvalue weighted by Crippen LogP contribution is 2.17. The van der Waals surface area contributed by atoms with Gasteiger partial charge in [-0.05, 0) is 37.5 Å². The predicted octanol–water partition coefficient (Wildman–Crippen LogP) is 2.17. The molecule has 0 saturated heterocycles. The van der Waals surface area contributed by atoms with E-state index in [0.29, 0.717) is 52.9 Å². The fraction of sp³-hybridized carbons (Fsp3) is 0.667. The second kappa shape index (κ2) is 12.4. The Morgan fingerprint density at radius 2 is 1.13 bits per heavy atom. The molecule has 1 rings (SSSR count). The van der Waals surface area contributed by atoms with Gasteiger partial charge in [0, 0.05) is 0 Å². The topological polar surface area (TPSA) is 57.2 Å². The van der Waals surface area contributed by atoms with Crippen molar-refractivity contribution in [2.45, 2.75) is 27.4 Å². The molecule has 0 unspecified atom stereocenters. The molecule has 0 fully saturated rings. The number of benzene rings is 1. The van der Waals surface area contributed by atoms with Crippen molar-refractivity contribution in [2.75, 3.05) is 52.9 Å². The Kier molecular flexibility index (Phi) is 10.9. The van der Waals surface area contributed by atoms with Crippen molar-refractivity contribution in [2.24, 2.45) is 0 Å². The van der Waals surface area contributed by atoms with Gasteiger partial charge in [-0.15, -0.1) is 0 Å². The van der Waals surface area contributed by atoms with Crippen LogP contribution in [0.5, 0.6) is 0 Å². The van der Waals surface area contributed by atoms with Gasteiger partial charge in [0.25, 0.3) is 0 Å². The summed E-state index contributed by atoms with van der Waals surface area (Å²) < 4.78 is 21.5. The van der Waals surface area contributed by atoms with Crippen LogP contribution in [0.3, 0.4) is 0 Å². The van der Waals surface area contributed by atoms with E-state index in [2.05, 4.69) is 32.9 Å². The van der Waals surface area contributed by atoms with Crippen LogP contribution in [0.2, 0.25) is 0 Å². The van der Waals surface area contributed by atoms with Crippen LogP contribution in [-0.4, -0.2) is 58.0 Å². The van der Waals surface area contributed by atoms with Crippen molar-refractivity contribution in [1.29, 1.82) is 0 Å². The molecule has 0 amide bonds. The Bertz CT molecular complexity index is 410. The lowest BCUT2D eigenvalue weighted by Crippen LogP contribution is -2.12. The molecule has 0 saturated carbocycles.